The first kappa shape index (κ1) is 18.0. The summed E-state index contributed by atoms with van der Waals surface area (Å²) in [5.74, 6) is -4.78. The molecule has 1 aliphatic carbocycles. The van der Waals surface area contributed by atoms with E-state index in [-0.39, 0.29) is 11.1 Å². The van der Waals surface area contributed by atoms with Crippen LogP contribution in [0.15, 0.2) is 42.5 Å². The number of amides is 1. The van der Waals surface area contributed by atoms with E-state index >= 15 is 0 Å². The summed E-state index contributed by atoms with van der Waals surface area (Å²) >= 11 is 0. The number of benzene rings is 2. The molecule has 0 bridgehead atoms. The Hall–Kier alpha value is -2.83. The summed E-state index contributed by atoms with van der Waals surface area (Å²) in [4.78, 5) is 24.2. The molecule has 26 heavy (non-hydrogen) atoms. The summed E-state index contributed by atoms with van der Waals surface area (Å²) in [6.07, 6.45) is 0.297. The molecule has 2 N–H and O–H groups in total. The predicted octanol–water partition coefficient (Wildman–Crippen LogP) is 3.32. The minimum Gasteiger partial charge on any atom is -0.479 e. The first-order valence-corrected chi connectivity index (χ1v) is 7.99. The van der Waals surface area contributed by atoms with Gasteiger partial charge in [-0.25, -0.2) is 18.0 Å². The van der Waals surface area contributed by atoms with Crippen molar-refractivity contribution < 1.29 is 27.9 Å². The van der Waals surface area contributed by atoms with Crippen LogP contribution in [0.1, 0.15) is 30.4 Å². The number of rotatable bonds is 5. The second-order valence-electron chi connectivity index (χ2n) is 6.54. The van der Waals surface area contributed by atoms with Crippen molar-refractivity contribution in [2.24, 2.45) is 5.92 Å². The number of nitrogens with one attached hydrogen (secondary N) is 1. The second kappa shape index (κ2) is 6.48. The van der Waals surface area contributed by atoms with Crippen LogP contribution >= 0.6 is 0 Å². The molecule has 0 aromatic heterocycles. The Kier molecular flexibility index (Phi) is 4.48. The van der Waals surface area contributed by atoms with Gasteiger partial charge in [-0.2, -0.15) is 0 Å². The topological polar surface area (TPSA) is 66.4 Å². The molecule has 0 aliphatic heterocycles. The molecular weight excluding hydrogens is 347 g/mol. The van der Waals surface area contributed by atoms with E-state index in [0.29, 0.717) is 6.42 Å². The SMILES string of the molecule is CC(NC(=O)C1CC1c1cc(F)ccc1F)(C(=O)O)c1ccc(F)cc1. The highest BCUT2D eigenvalue weighted by Crippen LogP contribution is 2.49. The van der Waals surface area contributed by atoms with Gasteiger partial charge in [0.2, 0.25) is 5.91 Å². The molecule has 1 fully saturated rings. The van der Waals surface area contributed by atoms with Crippen LogP contribution in [0.5, 0.6) is 0 Å². The van der Waals surface area contributed by atoms with Crippen molar-refractivity contribution in [2.75, 3.05) is 0 Å². The fourth-order valence-electron chi connectivity index (χ4n) is 3.00. The maximum absolute atomic E-state index is 13.8. The van der Waals surface area contributed by atoms with E-state index < -0.39 is 46.7 Å². The van der Waals surface area contributed by atoms with Gasteiger partial charge in [0.15, 0.2) is 5.54 Å². The Morgan fingerprint density at radius 1 is 1.08 bits per heavy atom. The third-order valence-corrected chi connectivity index (χ3v) is 4.71. The van der Waals surface area contributed by atoms with Crippen molar-refractivity contribution in [3.63, 3.8) is 0 Å². The number of halogens is 3. The van der Waals surface area contributed by atoms with Gasteiger partial charge in [-0.1, -0.05) is 12.1 Å². The quantitative estimate of drug-likeness (QED) is 0.856. The van der Waals surface area contributed by atoms with Crippen LogP contribution in [0.25, 0.3) is 0 Å². The van der Waals surface area contributed by atoms with Crippen molar-refractivity contribution in [1.29, 1.82) is 0 Å². The normalized spacial score (nSPS) is 20.9. The van der Waals surface area contributed by atoms with Crippen LogP contribution in [-0.2, 0) is 15.1 Å². The van der Waals surface area contributed by atoms with E-state index in [4.69, 9.17) is 0 Å². The van der Waals surface area contributed by atoms with Gasteiger partial charge in [-0.15, -0.1) is 0 Å². The Balaban J connectivity index is 1.79. The molecule has 1 aliphatic rings. The Bertz CT molecular complexity index is 869. The number of aliphatic carboxylic acids is 1. The van der Waals surface area contributed by atoms with Crippen molar-refractivity contribution in [1.82, 2.24) is 5.32 Å². The summed E-state index contributed by atoms with van der Waals surface area (Å²) < 4.78 is 40.2. The zero-order valence-corrected chi connectivity index (χ0v) is 13.8. The zero-order valence-electron chi connectivity index (χ0n) is 13.8. The van der Waals surface area contributed by atoms with Crippen molar-refractivity contribution in [3.8, 4) is 0 Å². The van der Waals surface area contributed by atoms with Crippen molar-refractivity contribution in [3.05, 3.63) is 71.0 Å². The summed E-state index contributed by atoms with van der Waals surface area (Å²) in [5, 5.41) is 12.0. The average Bonchev–Trinajstić information content (AvgIpc) is 3.38. The minimum absolute atomic E-state index is 0.101. The van der Waals surface area contributed by atoms with Crippen LogP contribution in [0.3, 0.4) is 0 Å². The maximum Gasteiger partial charge on any atom is 0.333 e. The predicted molar refractivity (Wildman–Crippen MR) is 86.7 cm³/mol. The van der Waals surface area contributed by atoms with Crippen LogP contribution in [0.2, 0.25) is 0 Å². The number of carbonyl (C=O) groups excluding carboxylic acids is 1. The standard InChI is InChI=1S/C19H16F3NO3/c1-19(18(25)26,10-2-4-11(20)5-3-10)23-17(24)15-9-13(15)14-8-12(21)6-7-16(14)22/h2-8,13,15H,9H2,1H3,(H,23,24)(H,25,26). The highest BCUT2D eigenvalue weighted by Gasteiger charge is 2.48. The van der Waals surface area contributed by atoms with E-state index in [1.807, 2.05) is 0 Å². The van der Waals surface area contributed by atoms with Gasteiger partial charge in [-0.3, -0.25) is 4.79 Å². The molecule has 1 saturated carbocycles. The molecule has 2 aromatic carbocycles. The first-order chi connectivity index (χ1) is 12.2. The third-order valence-electron chi connectivity index (χ3n) is 4.71. The smallest absolute Gasteiger partial charge is 0.333 e. The van der Waals surface area contributed by atoms with E-state index in [1.54, 1.807) is 0 Å². The van der Waals surface area contributed by atoms with Crippen molar-refractivity contribution >= 4 is 11.9 Å². The Labute approximate surface area is 147 Å². The Morgan fingerprint density at radius 2 is 1.69 bits per heavy atom. The van der Waals surface area contributed by atoms with Gasteiger partial charge >= 0.3 is 5.97 Å². The molecule has 0 heterocycles. The van der Waals surface area contributed by atoms with E-state index in [2.05, 4.69) is 5.32 Å². The summed E-state index contributed by atoms with van der Waals surface area (Å²) in [7, 11) is 0. The van der Waals surface area contributed by atoms with Crippen LogP contribution < -0.4 is 5.32 Å². The molecule has 1 amide bonds. The highest BCUT2D eigenvalue weighted by molar-refractivity contribution is 5.90. The van der Waals surface area contributed by atoms with Crippen LogP contribution in [0.4, 0.5) is 13.2 Å². The molecule has 0 radical (unpaired) electrons. The Morgan fingerprint density at radius 3 is 2.31 bits per heavy atom. The lowest BCUT2D eigenvalue weighted by Crippen LogP contribution is -2.50. The molecule has 136 valence electrons. The van der Waals surface area contributed by atoms with E-state index in [9.17, 15) is 27.9 Å². The number of hydrogen-bond acceptors (Lipinski definition) is 2. The highest BCUT2D eigenvalue weighted by atomic mass is 19.1. The monoisotopic (exact) mass is 363 g/mol. The van der Waals surface area contributed by atoms with E-state index in [0.717, 1.165) is 30.3 Å². The number of hydrogen-bond donors (Lipinski definition) is 2. The van der Waals surface area contributed by atoms with E-state index in [1.165, 1.54) is 19.1 Å². The largest absolute Gasteiger partial charge is 0.479 e. The van der Waals surface area contributed by atoms with Crippen LogP contribution in [-0.4, -0.2) is 17.0 Å². The molecule has 7 heteroatoms. The number of carbonyl (C=O) groups is 2. The lowest BCUT2D eigenvalue weighted by atomic mass is 9.91. The van der Waals surface area contributed by atoms with Gasteiger partial charge in [-0.05, 0) is 60.7 Å². The van der Waals surface area contributed by atoms with Gasteiger partial charge in [0, 0.05) is 5.92 Å². The molecule has 0 spiro atoms. The molecule has 3 atom stereocenters. The molecule has 4 nitrogen and oxygen atoms in total. The molecule has 3 rings (SSSR count). The van der Waals surface area contributed by atoms with Gasteiger partial charge < -0.3 is 10.4 Å². The summed E-state index contributed by atoms with van der Waals surface area (Å²) in [6, 6.07) is 7.80. The second-order valence-corrected chi connectivity index (χ2v) is 6.54. The van der Waals surface area contributed by atoms with Crippen LogP contribution in [0, 0.1) is 23.4 Å². The third kappa shape index (κ3) is 3.29. The minimum atomic E-state index is -1.77. The zero-order chi connectivity index (χ0) is 19.1. The summed E-state index contributed by atoms with van der Waals surface area (Å²) in [6.45, 7) is 1.29. The molecule has 0 saturated heterocycles. The summed E-state index contributed by atoms with van der Waals surface area (Å²) in [5.41, 5.74) is -1.46. The fourth-order valence-corrected chi connectivity index (χ4v) is 3.00. The number of carboxylic acid groups (broad SMARTS) is 1. The maximum atomic E-state index is 13.8. The average molecular weight is 363 g/mol. The van der Waals surface area contributed by atoms with Gasteiger partial charge in [0.05, 0.1) is 0 Å². The fraction of sp³-hybridized carbons (Fsp3) is 0.263. The number of carboxylic acids is 1. The molecule has 2 aromatic rings. The molecular formula is C19H16F3NO3. The van der Waals surface area contributed by atoms with Gasteiger partial charge in [0.1, 0.15) is 17.5 Å². The van der Waals surface area contributed by atoms with Crippen molar-refractivity contribution in [2.45, 2.75) is 24.8 Å². The van der Waals surface area contributed by atoms with Gasteiger partial charge in [0.25, 0.3) is 0 Å². The first-order valence-electron chi connectivity index (χ1n) is 7.99. The molecule has 3 unspecified atom stereocenters. The lowest BCUT2D eigenvalue weighted by molar-refractivity contribution is -0.147. The lowest BCUT2D eigenvalue weighted by Gasteiger charge is -2.27.